The predicted octanol–water partition coefficient (Wildman–Crippen LogP) is 6.13. The van der Waals surface area contributed by atoms with E-state index in [1.807, 2.05) is 30.3 Å². The third-order valence-electron chi connectivity index (χ3n) is 8.30. The summed E-state index contributed by atoms with van der Waals surface area (Å²) < 4.78 is 30.1. The smallest absolute Gasteiger partial charge is 0.284 e. The first kappa shape index (κ1) is 26.9. The number of H-pyrrole nitrogens is 1. The zero-order valence-corrected chi connectivity index (χ0v) is 23.8. The van der Waals surface area contributed by atoms with Crippen LogP contribution in [0.2, 0.25) is 0 Å². The van der Waals surface area contributed by atoms with Crippen LogP contribution in [-0.4, -0.2) is 37.4 Å². The highest BCUT2D eigenvalue weighted by Crippen LogP contribution is 2.49. The van der Waals surface area contributed by atoms with E-state index in [-0.39, 0.29) is 22.6 Å². The Hall–Kier alpha value is -4.96. The molecule has 7 rings (SSSR count). The number of pyridine rings is 1. The summed E-state index contributed by atoms with van der Waals surface area (Å²) in [5, 5.41) is 3.37. The van der Waals surface area contributed by atoms with Crippen molar-refractivity contribution < 1.29 is 18.7 Å². The van der Waals surface area contributed by atoms with E-state index in [0.29, 0.717) is 28.7 Å². The zero-order chi connectivity index (χ0) is 29.7. The Morgan fingerprint density at radius 1 is 1.16 bits per heavy atom. The fourth-order valence-corrected chi connectivity index (χ4v) is 5.74. The van der Waals surface area contributed by atoms with Gasteiger partial charge in [-0.15, -0.1) is 0 Å². The number of anilines is 1. The maximum Gasteiger partial charge on any atom is 0.284 e. The second-order valence-corrected chi connectivity index (χ2v) is 11.3. The van der Waals surface area contributed by atoms with Crippen LogP contribution in [0.15, 0.2) is 77.7 Å². The Kier molecular flexibility index (Phi) is 6.50. The molecule has 2 N–H and O–H groups in total. The molecule has 2 aromatic carbocycles. The number of amides is 1. The van der Waals surface area contributed by atoms with Gasteiger partial charge in [0.05, 0.1) is 29.0 Å². The third-order valence-corrected chi connectivity index (χ3v) is 8.30. The van der Waals surface area contributed by atoms with Crippen LogP contribution in [0.4, 0.5) is 10.1 Å². The number of fused-ring (bicyclic) bond motifs is 1. The van der Waals surface area contributed by atoms with Gasteiger partial charge >= 0.3 is 0 Å². The van der Waals surface area contributed by atoms with E-state index in [4.69, 9.17) is 9.47 Å². The molecule has 0 radical (unpaired) electrons. The van der Waals surface area contributed by atoms with Gasteiger partial charge < -0.3 is 19.8 Å². The van der Waals surface area contributed by atoms with Crippen molar-refractivity contribution in [2.75, 3.05) is 11.9 Å². The molecule has 2 fully saturated rings. The van der Waals surface area contributed by atoms with Gasteiger partial charge in [0.15, 0.2) is 11.6 Å². The second kappa shape index (κ2) is 10.4. The Labute approximate surface area is 246 Å². The van der Waals surface area contributed by atoms with Crippen molar-refractivity contribution >= 4 is 28.7 Å². The molecule has 9 nitrogen and oxygen atoms in total. The van der Waals surface area contributed by atoms with Crippen molar-refractivity contribution in [3.63, 3.8) is 0 Å². The highest BCUT2D eigenvalue weighted by atomic mass is 19.1. The van der Waals surface area contributed by atoms with E-state index < -0.39 is 17.3 Å². The molecule has 43 heavy (non-hydrogen) atoms. The van der Waals surface area contributed by atoms with Crippen LogP contribution < -0.4 is 15.6 Å². The SMILES string of the molecule is Cc1c(C(=O)Nc2ccc(Oc3ccnc4[nH]c(C=CC5COC6(CC6)C5)cc34)c(F)c2)c(=O)n(-c2ccccc2)n1C. The average molecular weight is 580 g/mol. The Morgan fingerprint density at radius 3 is 2.72 bits per heavy atom. The summed E-state index contributed by atoms with van der Waals surface area (Å²) in [5.74, 6) is -0.467. The summed E-state index contributed by atoms with van der Waals surface area (Å²) in [6.07, 6.45) is 9.16. The average Bonchev–Trinajstić information content (AvgIpc) is 3.32. The number of hydrogen-bond donors (Lipinski definition) is 2. The minimum Gasteiger partial charge on any atom is -0.453 e. The van der Waals surface area contributed by atoms with Crippen molar-refractivity contribution in [1.29, 1.82) is 0 Å². The Balaban J connectivity index is 1.08. The van der Waals surface area contributed by atoms with E-state index in [1.54, 1.807) is 43.0 Å². The standard InChI is InChI=1S/C33H30FN5O4/c1-20-29(32(41)39(38(20)2)24-6-4-3-5-7-24)31(40)37-23-10-11-28(26(34)17-23)43-27-12-15-35-30-25(27)16-22(36-30)9-8-21-18-33(13-14-33)42-19-21/h3-12,15-17,21H,13-14,18-19H2,1-2H3,(H,35,36)(H,37,40). The van der Waals surface area contributed by atoms with E-state index in [0.717, 1.165) is 36.9 Å². The lowest BCUT2D eigenvalue weighted by atomic mass is 10.0. The first-order chi connectivity index (χ1) is 20.8. The van der Waals surface area contributed by atoms with Crippen molar-refractivity contribution in [2.24, 2.45) is 13.0 Å². The lowest BCUT2D eigenvalue weighted by Crippen LogP contribution is -2.25. The molecular weight excluding hydrogens is 549 g/mol. The van der Waals surface area contributed by atoms with Crippen molar-refractivity contribution in [3.8, 4) is 17.2 Å². The number of halogens is 1. The normalized spacial score (nSPS) is 17.2. The van der Waals surface area contributed by atoms with Gasteiger partial charge in [0.25, 0.3) is 11.5 Å². The minimum absolute atomic E-state index is 0.0102. The first-order valence-corrected chi connectivity index (χ1v) is 14.2. The molecule has 1 unspecified atom stereocenters. The van der Waals surface area contributed by atoms with E-state index in [2.05, 4.69) is 21.4 Å². The molecule has 2 aliphatic rings. The summed E-state index contributed by atoms with van der Waals surface area (Å²) in [6, 6.07) is 16.8. The van der Waals surface area contributed by atoms with Crippen LogP contribution in [-0.2, 0) is 11.8 Å². The number of ether oxygens (including phenoxy) is 2. The maximum atomic E-state index is 15.2. The largest absolute Gasteiger partial charge is 0.453 e. The van der Waals surface area contributed by atoms with Gasteiger partial charge in [-0.05, 0) is 68.7 Å². The number of nitrogens with zero attached hydrogens (tertiary/aromatic N) is 3. The van der Waals surface area contributed by atoms with Crippen LogP contribution in [0.1, 0.15) is 41.0 Å². The van der Waals surface area contributed by atoms with E-state index >= 15 is 4.39 Å². The highest BCUT2D eigenvalue weighted by molar-refractivity contribution is 6.05. The molecule has 1 saturated carbocycles. The van der Waals surface area contributed by atoms with Crippen molar-refractivity contribution in [1.82, 2.24) is 19.3 Å². The number of carbonyl (C=O) groups is 1. The summed E-state index contributed by atoms with van der Waals surface area (Å²) >= 11 is 0. The van der Waals surface area contributed by atoms with Gasteiger partial charge in [-0.25, -0.2) is 14.1 Å². The molecule has 1 spiro atoms. The van der Waals surface area contributed by atoms with E-state index in [9.17, 15) is 9.59 Å². The molecule has 3 aromatic heterocycles. The molecule has 4 heterocycles. The fourth-order valence-electron chi connectivity index (χ4n) is 5.74. The van der Waals surface area contributed by atoms with Crippen LogP contribution >= 0.6 is 0 Å². The molecule has 1 saturated heterocycles. The number of rotatable bonds is 7. The number of para-hydroxylation sites is 1. The van der Waals surface area contributed by atoms with E-state index in [1.165, 1.54) is 22.9 Å². The summed E-state index contributed by atoms with van der Waals surface area (Å²) in [4.78, 5) is 34.0. The summed E-state index contributed by atoms with van der Waals surface area (Å²) in [5.41, 5.74) is 2.46. The lowest BCUT2D eigenvalue weighted by molar-refractivity contribution is 0.0888. The zero-order valence-electron chi connectivity index (χ0n) is 23.8. The molecule has 5 aromatic rings. The fraction of sp³-hybridized carbons (Fsp3) is 0.242. The van der Waals surface area contributed by atoms with Gasteiger partial charge in [-0.3, -0.25) is 14.3 Å². The topological polar surface area (TPSA) is 103 Å². The summed E-state index contributed by atoms with van der Waals surface area (Å²) in [7, 11) is 1.71. The number of nitrogens with one attached hydrogen (secondary N) is 2. The van der Waals surface area contributed by atoms with Gasteiger partial charge in [-0.2, -0.15) is 0 Å². The number of benzene rings is 2. The summed E-state index contributed by atoms with van der Waals surface area (Å²) in [6.45, 7) is 2.44. The Bertz CT molecular complexity index is 1950. The number of aromatic amines is 1. The highest BCUT2D eigenvalue weighted by Gasteiger charge is 2.49. The number of carbonyl (C=O) groups excluding carboxylic acids is 1. The van der Waals surface area contributed by atoms with Crippen molar-refractivity contribution in [3.05, 3.63) is 106 Å². The second-order valence-electron chi connectivity index (χ2n) is 11.3. The molecule has 218 valence electrons. The molecule has 1 aliphatic heterocycles. The van der Waals surface area contributed by atoms with Crippen LogP contribution in [0, 0.1) is 18.7 Å². The molecule has 1 atom stereocenters. The van der Waals surface area contributed by atoms with Crippen LogP contribution in [0.25, 0.3) is 22.8 Å². The van der Waals surface area contributed by atoms with Crippen LogP contribution in [0.3, 0.4) is 0 Å². The van der Waals surface area contributed by atoms with Gasteiger partial charge in [0.2, 0.25) is 0 Å². The minimum atomic E-state index is -0.667. The maximum absolute atomic E-state index is 15.2. The first-order valence-electron chi connectivity index (χ1n) is 14.2. The van der Waals surface area contributed by atoms with Gasteiger partial charge in [0.1, 0.15) is 17.0 Å². The third kappa shape index (κ3) is 5.03. The molecule has 1 amide bonds. The predicted molar refractivity (Wildman–Crippen MR) is 161 cm³/mol. The van der Waals surface area contributed by atoms with Gasteiger partial charge in [0, 0.05) is 36.6 Å². The molecule has 1 aliphatic carbocycles. The number of hydrogen-bond acceptors (Lipinski definition) is 5. The van der Waals surface area contributed by atoms with Gasteiger partial charge in [-0.1, -0.05) is 24.3 Å². The molecular formula is C33H30FN5O4. The molecule has 10 heteroatoms. The Morgan fingerprint density at radius 2 is 1.98 bits per heavy atom. The van der Waals surface area contributed by atoms with Crippen LogP contribution in [0.5, 0.6) is 11.5 Å². The van der Waals surface area contributed by atoms with Crippen molar-refractivity contribution in [2.45, 2.75) is 31.8 Å². The lowest BCUT2D eigenvalue weighted by Gasteiger charge is -2.10. The quantitative estimate of drug-likeness (QED) is 0.242. The number of aromatic nitrogens is 4. The monoisotopic (exact) mass is 579 g/mol. The molecule has 0 bridgehead atoms.